The molecule has 0 aliphatic rings. The van der Waals surface area contributed by atoms with Crippen LogP contribution in [0.5, 0.6) is 0 Å². The number of carbonyl (C=O) groups is 2. The van der Waals surface area contributed by atoms with E-state index < -0.39 is 52.2 Å². The van der Waals surface area contributed by atoms with E-state index in [1.165, 1.54) is 45.0 Å². The second kappa shape index (κ2) is 8.65. The number of Topliss-reactive ketones (excluding diaryl/α,β-unsaturated/α-hetero) is 1. The highest BCUT2D eigenvalue weighted by Gasteiger charge is 2.44. The van der Waals surface area contributed by atoms with Gasteiger partial charge in [0.25, 0.3) is 5.91 Å². The molecule has 32 heavy (non-hydrogen) atoms. The minimum absolute atomic E-state index is 0.168. The number of hydrogen-bond acceptors (Lipinski definition) is 3. The Hall–Kier alpha value is -3.35. The van der Waals surface area contributed by atoms with Crippen molar-refractivity contribution in [2.75, 3.05) is 0 Å². The average Bonchev–Trinajstić information content (AvgIpc) is 2.71. The van der Waals surface area contributed by atoms with E-state index in [1.54, 1.807) is 0 Å². The van der Waals surface area contributed by atoms with Crippen molar-refractivity contribution < 1.29 is 35.9 Å². The smallest absolute Gasteiger partial charge is 0.349 e. The molecule has 10 heteroatoms. The fourth-order valence-electron chi connectivity index (χ4n) is 2.98. The number of ketones is 1. The summed E-state index contributed by atoms with van der Waals surface area (Å²) in [6.45, 7) is 4.11. The molecule has 0 aliphatic heterocycles. The molecule has 0 heterocycles. The molecule has 0 radical (unpaired) electrons. The van der Waals surface area contributed by atoms with Crippen molar-refractivity contribution in [3.8, 4) is 6.07 Å². The van der Waals surface area contributed by atoms with Gasteiger partial charge in [-0.1, -0.05) is 32.0 Å². The van der Waals surface area contributed by atoms with Crippen LogP contribution >= 0.6 is 0 Å². The molecule has 1 unspecified atom stereocenters. The van der Waals surface area contributed by atoms with Crippen LogP contribution in [-0.4, -0.2) is 17.7 Å². The van der Waals surface area contributed by atoms with E-state index in [2.05, 4.69) is 5.32 Å². The van der Waals surface area contributed by atoms with Gasteiger partial charge in [0.15, 0.2) is 5.78 Å². The lowest BCUT2D eigenvalue weighted by molar-refractivity contribution is -0.143. The summed E-state index contributed by atoms with van der Waals surface area (Å²) < 4.78 is 80.0. The number of hydrogen-bond donors (Lipinski definition) is 1. The van der Waals surface area contributed by atoms with Crippen molar-refractivity contribution in [2.45, 2.75) is 39.2 Å². The maximum absolute atomic E-state index is 13.3. The number of amides is 1. The molecule has 1 atom stereocenters. The molecule has 0 saturated heterocycles. The minimum Gasteiger partial charge on any atom is -0.349 e. The average molecular weight is 456 g/mol. The van der Waals surface area contributed by atoms with Gasteiger partial charge in [-0.3, -0.25) is 9.59 Å². The standard InChI is InChI=1S/C22H18F6N2O2/c1-12(20(2,3)18(31)14-9-7-13(11-29)8-10-14)30-19(32)17-15(21(23,24)25)5-4-6-16(17)22(26,27)28/h4-10,12H,1-3H3,(H,30,32). The molecule has 2 aromatic rings. The number of rotatable bonds is 5. The Morgan fingerprint density at radius 3 is 1.78 bits per heavy atom. The molecule has 4 nitrogen and oxygen atoms in total. The maximum Gasteiger partial charge on any atom is 0.417 e. The molecule has 1 N–H and O–H groups in total. The summed E-state index contributed by atoms with van der Waals surface area (Å²) in [5.41, 5.74) is -5.94. The molecule has 170 valence electrons. The Labute approximate surface area is 179 Å². The van der Waals surface area contributed by atoms with Gasteiger partial charge in [-0.05, 0) is 31.2 Å². The van der Waals surface area contributed by atoms with Crippen molar-refractivity contribution in [2.24, 2.45) is 5.41 Å². The van der Waals surface area contributed by atoms with Gasteiger partial charge in [0.05, 0.1) is 28.3 Å². The number of alkyl halides is 6. The van der Waals surface area contributed by atoms with Gasteiger partial charge in [-0.2, -0.15) is 31.6 Å². The van der Waals surface area contributed by atoms with Gasteiger partial charge in [-0.15, -0.1) is 0 Å². The predicted octanol–water partition coefficient (Wildman–Crippen LogP) is 5.62. The highest BCUT2D eigenvalue weighted by molar-refractivity contribution is 6.02. The number of benzene rings is 2. The molecule has 0 fully saturated rings. The quantitative estimate of drug-likeness (QED) is 0.469. The van der Waals surface area contributed by atoms with Crippen LogP contribution in [-0.2, 0) is 12.4 Å². The van der Waals surface area contributed by atoms with Crippen molar-refractivity contribution in [3.63, 3.8) is 0 Å². The molecule has 2 aromatic carbocycles. The lowest BCUT2D eigenvalue weighted by Crippen LogP contribution is -2.47. The number of nitrogens with zero attached hydrogens (tertiary/aromatic N) is 1. The zero-order chi connectivity index (χ0) is 24.5. The van der Waals surface area contributed by atoms with E-state index in [9.17, 15) is 35.9 Å². The summed E-state index contributed by atoms with van der Waals surface area (Å²) in [4.78, 5) is 25.5. The van der Waals surface area contributed by atoms with Crippen molar-refractivity contribution in [1.82, 2.24) is 5.32 Å². The summed E-state index contributed by atoms with van der Waals surface area (Å²) in [5, 5.41) is 11.0. The number of nitrogens with one attached hydrogen (secondary N) is 1. The van der Waals surface area contributed by atoms with E-state index >= 15 is 0 Å². The Balaban J connectivity index is 2.41. The normalized spacial score (nSPS) is 13.2. The molecule has 2 rings (SSSR count). The number of halogens is 6. The molecular weight excluding hydrogens is 438 g/mol. The number of nitriles is 1. The largest absolute Gasteiger partial charge is 0.417 e. The molecule has 0 saturated carbocycles. The highest BCUT2D eigenvalue weighted by Crippen LogP contribution is 2.39. The van der Waals surface area contributed by atoms with Crippen molar-refractivity contribution in [1.29, 1.82) is 5.26 Å². The molecular formula is C22H18F6N2O2. The van der Waals surface area contributed by atoms with Gasteiger partial charge >= 0.3 is 12.4 Å². The monoisotopic (exact) mass is 456 g/mol. The van der Waals surface area contributed by atoms with Crippen LogP contribution in [0, 0.1) is 16.7 Å². The Kier molecular flexibility index (Phi) is 6.73. The Morgan fingerprint density at radius 1 is 0.906 bits per heavy atom. The lowest BCUT2D eigenvalue weighted by Gasteiger charge is -2.31. The first kappa shape index (κ1) is 24.9. The van der Waals surface area contributed by atoms with Crippen LogP contribution in [0.25, 0.3) is 0 Å². The molecule has 0 aliphatic carbocycles. The van der Waals surface area contributed by atoms with Gasteiger partial charge in [0.2, 0.25) is 0 Å². The third kappa shape index (κ3) is 5.10. The van der Waals surface area contributed by atoms with Crippen molar-refractivity contribution in [3.05, 3.63) is 70.3 Å². The van der Waals surface area contributed by atoms with E-state index in [0.29, 0.717) is 23.8 Å². The van der Waals surface area contributed by atoms with E-state index in [0.717, 1.165) is 0 Å². The first-order valence-electron chi connectivity index (χ1n) is 9.24. The fourth-order valence-corrected chi connectivity index (χ4v) is 2.98. The Bertz CT molecular complexity index is 1030. The van der Waals surface area contributed by atoms with Crippen molar-refractivity contribution >= 4 is 11.7 Å². The molecule has 1 amide bonds. The minimum atomic E-state index is -5.20. The van der Waals surface area contributed by atoms with Crippen LogP contribution in [0.2, 0.25) is 0 Å². The van der Waals surface area contributed by atoms with Gasteiger partial charge in [0.1, 0.15) is 0 Å². The summed E-state index contributed by atoms with van der Waals surface area (Å²) >= 11 is 0. The second-order valence-corrected chi connectivity index (χ2v) is 7.66. The lowest BCUT2D eigenvalue weighted by atomic mass is 9.78. The van der Waals surface area contributed by atoms with Gasteiger partial charge in [-0.25, -0.2) is 0 Å². The first-order valence-corrected chi connectivity index (χ1v) is 9.24. The zero-order valence-electron chi connectivity index (χ0n) is 17.2. The topological polar surface area (TPSA) is 70.0 Å². The first-order chi connectivity index (χ1) is 14.6. The van der Waals surface area contributed by atoms with Crippen LogP contribution in [0.3, 0.4) is 0 Å². The third-order valence-electron chi connectivity index (χ3n) is 5.19. The third-order valence-corrected chi connectivity index (χ3v) is 5.19. The van der Waals surface area contributed by atoms with E-state index in [-0.39, 0.29) is 5.56 Å². The van der Waals surface area contributed by atoms with Crippen LogP contribution in [0.15, 0.2) is 42.5 Å². The summed E-state index contributed by atoms with van der Waals surface area (Å²) in [7, 11) is 0. The van der Waals surface area contributed by atoms with E-state index in [4.69, 9.17) is 5.26 Å². The zero-order valence-corrected chi connectivity index (χ0v) is 17.2. The predicted molar refractivity (Wildman–Crippen MR) is 103 cm³/mol. The highest BCUT2D eigenvalue weighted by atomic mass is 19.4. The molecule has 0 aromatic heterocycles. The van der Waals surface area contributed by atoms with Gasteiger partial charge < -0.3 is 5.32 Å². The van der Waals surface area contributed by atoms with Crippen LogP contribution in [0.1, 0.15) is 58.2 Å². The second-order valence-electron chi connectivity index (χ2n) is 7.66. The molecule has 0 spiro atoms. The van der Waals surface area contributed by atoms with Crippen LogP contribution in [0.4, 0.5) is 26.3 Å². The van der Waals surface area contributed by atoms with E-state index in [1.807, 2.05) is 6.07 Å². The number of carbonyl (C=O) groups excluding carboxylic acids is 2. The van der Waals surface area contributed by atoms with Gasteiger partial charge in [0, 0.05) is 17.0 Å². The summed E-state index contributed by atoms with van der Waals surface area (Å²) in [5.74, 6) is -2.12. The Morgan fingerprint density at radius 2 is 1.38 bits per heavy atom. The fraction of sp³-hybridized carbons (Fsp3) is 0.318. The SMILES string of the molecule is CC(NC(=O)c1c(C(F)(F)F)cccc1C(F)(F)F)C(C)(C)C(=O)c1ccc(C#N)cc1. The molecule has 0 bridgehead atoms. The summed E-state index contributed by atoms with van der Waals surface area (Å²) in [6.07, 6.45) is -10.4. The maximum atomic E-state index is 13.3. The van der Waals surface area contributed by atoms with Crippen LogP contribution < -0.4 is 5.32 Å². The summed E-state index contributed by atoms with van der Waals surface area (Å²) in [6, 6.07) is 7.63.